The Kier molecular flexibility index (Phi) is 2.74. The average molecular weight is 173 g/mol. The lowest BCUT2D eigenvalue weighted by molar-refractivity contribution is -0.539. The van der Waals surface area contributed by atoms with Gasteiger partial charge in [-0.3, -0.25) is 0 Å². The van der Waals surface area contributed by atoms with Gasteiger partial charge in [-0.2, -0.15) is 0 Å². The van der Waals surface area contributed by atoms with E-state index < -0.39 is 0 Å². The predicted octanol–water partition coefficient (Wildman–Crippen LogP) is 1.17. The van der Waals surface area contributed by atoms with Crippen LogP contribution >= 0.6 is 11.6 Å². The number of quaternary nitrogens is 1. The van der Waals surface area contributed by atoms with Crippen LogP contribution in [0, 0.1) is 0 Å². The molecule has 0 amide bonds. The van der Waals surface area contributed by atoms with E-state index in [9.17, 15) is 0 Å². The van der Waals surface area contributed by atoms with Crippen LogP contribution in [0.2, 0.25) is 5.02 Å². The number of nitrogens with two attached hydrogens (primary N) is 1. The molecule has 60 valence electrons. The van der Waals surface area contributed by atoms with Gasteiger partial charge in [-0.1, -0.05) is 11.6 Å². The summed E-state index contributed by atoms with van der Waals surface area (Å²) in [4.78, 5) is 0. The van der Waals surface area contributed by atoms with Crippen molar-refractivity contribution < 1.29 is 10.1 Å². The maximum absolute atomic E-state index is 5.86. The molecule has 0 atom stereocenters. The van der Waals surface area contributed by atoms with Crippen molar-refractivity contribution in [1.82, 2.24) is 0 Å². The van der Waals surface area contributed by atoms with Crippen molar-refractivity contribution in [3.8, 4) is 5.75 Å². The van der Waals surface area contributed by atoms with Gasteiger partial charge in [0.05, 0.1) is 19.2 Å². The zero-order valence-electron chi connectivity index (χ0n) is 6.60. The molecule has 0 radical (unpaired) electrons. The van der Waals surface area contributed by atoms with E-state index in [2.05, 4.69) is 0 Å². The highest BCUT2D eigenvalue weighted by atomic mass is 35.5. The molecule has 1 aromatic carbocycles. The fourth-order valence-corrected chi connectivity index (χ4v) is 1.13. The number of halogens is 1. The molecule has 0 spiro atoms. The van der Waals surface area contributed by atoms with Crippen LogP contribution in [0.25, 0.3) is 0 Å². The third-order valence-corrected chi connectivity index (χ3v) is 1.80. The Labute approximate surface area is 71.1 Å². The Morgan fingerprint density at radius 3 is 2.64 bits per heavy atom. The molecule has 0 aliphatic carbocycles. The molecule has 0 aliphatic rings. The second-order valence-corrected chi connectivity index (χ2v) is 2.59. The summed E-state index contributed by atoms with van der Waals surface area (Å²) < 4.78 is 5.00. The number of ether oxygens (including phenoxy) is 1. The third kappa shape index (κ3) is 1.85. The Hall–Kier alpha value is -0.730. The van der Waals surface area contributed by atoms with Crippen molar-refractivity contribution in [2.24, 2.45) is 0 Å². The number of benzene rings is 1. The highest BCUT2D eigenvalue weighted by Crippen LogP contribution is 2.25. The summed E-state index contributed by atoms with van der Waals surface area (Å²) >= 11 is 5.86. The van der Waals surface area contributed by atoms with E-state index >= 15 is 0 Å². The normalized spacial score (nSPS) is 9.73. The summed E-state index contributed by atoms with van der Waals surface area (Å²) in [7, 11) is 3.58. The third-order valence-electron chi connectivity index (χ3n) is 1.51. The van der Waals surface area contributed by atoms with Crippen molar-refractivity contribution in [3.63, 3.8) is 0 Å². The van der Waals surface area contributed by atoms with Gasteiger partial charge in [0.15, 0.2) is 0 Å². The second kappa shape index (κ2) is 3.60. The standard InChI is InChI=1S/C8H10ClNO/c1-10-6-3-4-8(11-2)7(9)5-6/h3-5,10H,1-2H3/p+1. The van der Waals surface area contributed by atoms with E-state index in [-0.39, 0.29) is 0 Å². The average Bonchev–Trinajstić information content (AvgIpc) is 2.04. The van der Waals surface area contributed by atoms with E-state index in [1.807, 2.05) is 30.6 Å². The first-order valence-electron chi connectivity index (χ1n) is 3.41. The minimum atomic E-state index is 0.656. The Morgan fingerprint density at radius 2 is 2.18 bits per heavy atom. The van der Waals surface area contributed by atoms with Gasteiger partial charge in [0.2, 0.25) is 0 Å². The van der Waals surface area contributed by atoms with E-state index in [4.69, 9.17) is 16.3 Å². The molecule has 0 saturated heterocycles. The summed E-state index contributed by atoms with van der Waals surface area (Å²) in [5.41, 5.74) is 1.11. The van der Waals surface area contributed by atoms with Crippen molar-refractivity contribution >= 4 is 17.3 Å². The van der Waals surface area contributed by atoms with Gasteiger partial charge in [0.1, 0.15) is 11.4 Å². The zero-order valence-corrected chi connectivity index (χ0v) is 7.35. The van der Waals surface area contributed by atoms with Crippen molar-refractivity contribution in [2.45, 2.75) is 0 Å². The fraction of sp³-hybridized carbons (Fsp3) is 0.250. The van der Waals surface area contributed by atoms with Gasteiger partial charge in [0, 0.05) is 12.1 Å². The molecular weight excluding hydrogens is 162 g/mol. The maximum Gasteiger partial charge on any atom is 0.137 e. The number of methoxy groups -OCH3 is 1. The van der Waals surface area contributed by atoms with Gasteiger partial charge >= 0.3 is 0 Å². The Bertz CT molecular complexity index is 250. The molecule has 0 saturated carbocycles. The lowest BCUT2D eigenvalue weighted by atomic mass is 10.3. The quantitative estimate of drug-likeness (QED) is 0.666. The predicted molar refractivity (Wildman–Crippen MR) is 45.5 cm³/mol. The van der Waals surface area contributed by atoms with E-state index in [1.165, 1.54) is 0 Å². The Balaban J connectivity index is 2.99. The molecular formula is C8H11ClNO+. The van der Waals surface area contributed by atoms with Gasteiger partial charge in [-0.15, -0.1) is 0 Å². The minimum absolute atomic E-state index is 0.656. The maximum atomic E-state index is 5.86. The smallest absolute Gasteiger partial charge is 0.137 e. The van der Waals surface area contributed by atoms with Crippen LogP contribution in [-0.2, 0) is 0 Å². The molecule has 1 rings (SSSR count). The summed E-state index contributed by atoms with van der Waals surface area (Å²) in [6.07, 6.45) is 0. The first-order valence-corrected chi connectivity index (χ1v) is 3.78. The summed E-state index contributed by atoms with van der Waals surface area (Å²) in [6, 6.07) is 5.70. The van der Waals surface area contributed by atoms with Gasteiger partial charge in [-0.05, 0) is 6.07 Å². The molecule has 3 heteroatoms. The van der Waals surface area contributed by atoms with Crippen LogP contribution in [0.1, 0.15) is 0 Å². The summed E-state index contributed by atoms with van der Waals surface area (Å²) in [5, 5.41) is 2.65. The molecule has 1 aromatic rings. The highest BCUT2D eigenvalue weighted by Gasteiger charge is 2.01. The van der Waals surface area contributed by atoms with Crippen LogP contribution in [0.5, 0.6) is 5.75 Å². The lowest BCUT2D eigenvalue weighted by Crippen LogP contribution is -2.72. The van der Waals surface area contributed by atoms with Gasteiger partial charge < -0.3 is 10.1 Å². The summed E-state index contributed by atoms with van der Waals surface area (Å²) in [5.74, 6) is 0.720. The monoisotopic (exact) mass is 172 g/mol. The Morgan fingerprint density at radius 1 is 1.45 bits per heavy atom. The molecule has 2 N–H and O–H groups in total. The van der Waals surface area contributed by atoms with Gasteiger partial charge in [0.25, 0.3) is 0 Å². The number of rotatable bonds is 2. The SMILES string of the molecule is C[NH2+]c1ccc(OC)c(Cl)c1. The topological polar surface area (TPSA) is 25.8 Å². The number of hydrogen-bond acceptors (Lipinski definition) is 1. The van der Waals surface area contributed by atoms with Crippen molar-refractivity contribution in [3.05, 3.63) is 23.2 Å². The second-order valence-electron chi connectivity index (χ2n) is 2.18. The van der Waals surface area contributed by atoms with Crippen molar-refractivity contribution in [1.29, 1.82) is 0 Å². The molecule has 0 aliphatic heterocycles. The highest BCUT2D eigenvalue weighted by molar-refractivity contribution is 6.32. The first-order chi connectivity index (χ1) is 5.27. The largest absolute Gasteiger partial charge is 0.495 e. The van der Waals surface area contributed by atoms with E-state index in [1.54, 1.807) is 7.11 Å². The van der Waals surface area contributed by atoms with E-state index in [0.717, 1.165) is 11.4 Å². The van der Waals surface area contributed by atoms with E-state index in [0.29, 0.717) is 5.02 Å². The van der Waals surface area contributed by atoms with Crippen LogP contribution in [0.4, 0.5) is 5.69 Å². The molecule has 0 fully saturated rings. The molecule has 11 heavy (non-hydrogen) atoms. The zero-order chi connectivity index (χ0) is 8.27. The molecule has 0 bridgehead atoms. The molecule has 0 heterocycles. The van der Waals surface area contributed by atoms with Crippen LogP contribution in [0.3, 0.4) is 0 Å². The number of hydrogen-bond donors (Lipinski definition) is 1. The molecule has 0 unspecified atom stereocenters. The van der Waals surface area contributed by atoms with Crippen molar-refractivity contribution in [2.75, 3.05) is 14.2 Å². The summed E-state index contributed by atoms with van der Waals surface area (Å²) in [6.45, 7) is 0. The van der Waals surface area contributed by atoms with Crippen LogP contribution in [-0.4, -0.2) is 14.2 Å². The lowest BCUT2D eigenvalue weighted by Gasteiger charge is -2.01. The molecule has 2 nitrogen and oxygen atoms in total. The fourth-order valence-electron chi connectivity index (χ4n) is 0.862. The molecule has 0 aromatic heterocycles. The van der Waals surface area contributed by atoms with Crippen LogP contribution in [0.15, 0.2) is 18.2 Å². The minimum Gasteiger partial charge on any atom is -0.495 e. The van der Waals surface area contributed by atoms with Gasteiger partial charge in [-0.25, -0.2) is 0 Å². The van der Waals surface area contributed by atoms with Crippen LogP contribution < -0.4 is 10.1 Å². The first kappa shape index (κ1) is 8.37.